The molecule has 0 atom stereocenters. The van der Waals surface area contributed by atoms with Crippen molar-refractivity contribution in [1.29, 1.82) is 0 Å². The molecule has 18 heavy (non-hydrogen) atoms. The minimum Gasteiger partial charge on any atom is -0.508 e. The minimum absolute atomic E-state index is 0.400. The molecule has 1 rings (SSSR count). The van der Waals surface area contributed by atoms with Gasteiger partial charge in [-0.3, -0.25) is 0 Å². The number of hydrogen-bond acceptors (Lipinski definition) is 1. The van der Waals surface area contributed by atoms with Crippen molar-refractivity contribution in [3.05, 3.63) is 36.2 Å². The highest BCUT2D eigenvalue weighted by Crippen LogP contribution is 2.20. The second kappa shape index (κ2) is 9.99. The van der Waals surface area contributed by atoms with Crippen LogP contribution in [0.25, 0.3) is 0 Å². The van der Waals surface area contributed by atoms with Gasteiger partial charge in [-0.05, 0) is 24.5 Å². The highest BCUT2D eigenvalue weighted by atomic mass is 16.3. The largest absolute Gasteiger partial charge is 0.508 e. The average molecular weight is 247 g/mol. The number of benzene rings is 1. The monoisotopic (exact) mass is 247 g/mol. The van der Waals surface area contributed by atoms with Crippen molar-refractivity contribution in [2.45, 2.75) is 64.7 Å². The Kier molecular flexibility index (Phi) is 8.37. The van der Waals surface area contributed by atoms with Gasteiger partial charge < -0.3 is 5.11 Å². The van der Waals surface area contributed by atoms with Gasteiger partial charge in [0.15, 0.2) is 0 Å². The summed E-state index contributed by atoms with van der Waals surface area (Å²) in [6.07, 6.45) is 14.0. The first-order valence-corrected chi connectivity index (χ1v) is 7.45. The van der Waals surface area contributed by atoms with Crippen LogP contribution in [-0.4, -0.2) is 5.11 Å². The number of phenols is 1. The molecule has 0 amide bonds. The summed E-state index contributed by atoms with van der Waals surface area (Å²) in [6.45, 7) is 2.26. The number of aromatic hydroxyl groups is 1. The van der Waals surface area contributed by atoms with E-state index in [1.165, 1.54) is 51.4 Å². The van der Waals surface area contributed by atoms with Crippen LogP contribution in [0.2, 0.25) is 0 Å². The fourth-order valence-corrected chi connectivity index (χ4v) is 2.20. The third-order valence-corrected chi connectivity index (χ3v) is 3.36. The Bertz CT molecular complexity index is 306. The molecule has 0 spiro atoms. The fraction of sp³-hybridized carbons (Fsp3) is 0.588. The van der Waals surface area contributed by atoms with Crippen molar-refractivity contribution in [1.82, 2.24) is 0 Å². The van der Waals surface area contributed by atoms with Gasteiger partial charge in [0, 0.05) is 0 Å². The smallest absolute Gasteiger partial charge is 0.119 e. The molecule has 101 valence electrons. The number of phenolic OH excluding ortho intramolecular Hbond substituents is 1. The van der Waals surface area contributed by atoms with Gasteiger partial charge in [-0.2, -0.15) is 0 Å². The first kappa shape index (κ1) is 15.1. The van der Waals surface area contributed by atoms with E-state index in [0.29, 0.717) is 5.75 Å². The predicted molar refractivity (Wildman–Crippen MR) is 78.7 cm³/mol. The van der Waals surface area contributed by atoms with E-state index >= 15 is 0 Å². The van der Waals surface area contributed by atoms with E-state index in [0.717, 1.165) is 12.0 Å². The van der Waals surface area contributed by atoms with Crippen molar-refractivity contribution in [3.63, 3.8) is 0 Å². The molecule has 0 aliphatic heterocycles. The van der Waals surface area contributed by atoms with Crippen LogP contribution in [0.15, 0.2) is 24.3 Å². The number of rotatable bonds is 10. The van der Waals surface area contributed by atoms with Crippen molar-refractivity contribution >= 4 is 0 Å². The SMILES string of the molecule is CCCCCCCCCC[CH]c1ccccc1O. The van der Waals surface area contributed by atoms with E-state index in [-0.39, 0.29) is 0 Å². The molecule has 1 aromatic carbocycles. The van der Waals surface area contributed by atoms with Gasteiger partial charge in [0.1, 0.15) is 5.75 Å². The normalized spacial score (nSPS) is 10.7. The molecule has 1 aromatic rings. The second-order valence-electron chi connectivity index (χ2n) is 5.03. The van der Waals surface area contributed by atoms with Crippen LogP contribution in [0.3, 0.4) is 0 Å². The molecule has 0 fully saturated rings. The first-order valence-electron chi connectivity index (χ1n) is 7.45. The summed E-state index contributed by atoms with van der Waals surface area (Å²) in [6, 6.07) is 7.56. The number of unbranched alkanes of at least 4 members (excludes halogenated alkanes) is 8. The molecule has 1 heteroatoms. The second-order valence-corrected chi connectivity index (χ2v) is 5.03. The van der Waals surface area contributed by atoms with Gasteiger partial charge in [0.05, 0.1) is 0 Å². The molecule has 0 bridgehead atoms. The Morgan fingerprint density at radius 2 is 1.50 bits per heavy atom. The third kappa shape index (κ3) is 6.68. The lowest BCUT2D eigenvalue weighted by atomic mass is 10.0. The Morgan fingerprint density at radius 3 is 2.17 bits per heavy atom. The predicted octanol–water partition coefficient (Wildman–Crippen LogP) is 5.48. The molecule has 1 nitrogen and oxygen atoms in total. The van der Waals surface area contributed by atoms with E-state index in [1.807, 2.05) is 18.2 Å². The van der Waals surface area contributed by atoms with Crippen molar-refractivity contribution < 1.29 is 5.11 Å². The van der Waals surface area contributed by atoms with Gasteiger partial charge in [-0.25, -0.2) is 0 Å². The average Bonchev–Trinajstić information content (AvgIpc) is 2.39. The maximum atomic E-state index is 9.60. The van der Waals surface area contributed by atoms with Gasteiger partial charge in [-0.1, -0.05) is 76.5 Å². The molecular weight excluding hydrogens is 220 g/mol. The maximum absolute atomic E-state index is 9.60. The standard InChI is InChI=1S/C17H27O/c1-2-3-4-5-6-7-8-9-10-13-16-14-11-12-15-17(16)18/h11-15,18H,2-10H2,1H3. The highest BCUT2D eigenvalue weighted by molar-refractivity contribution is 5.36. The van der Waals surface area contributed by atoms with Crippen LogP contribution in [0.4, 0.5) is 0 Å². The molecule has 0 unspecified atom stereocenters. The summed E-state index contributed by atoms with van der Waals surface area (Å²) in [5.74, 6) is 0.400. The van der Waals surface area contributed by atoms with Crippen LogP contribution in [0.1, 0.15) is 70.3 Å². The first-order chi connectivity index (χ1) is 8.84. The van der Waals surface area contributed by atoms with E-state index in [9.17, 15) is 5.11 Å². The van der Waals surface area contributed by atoms with Gasteiger partial charge in [0.2, 0.25) is 0 Å². The lowest BCUT2D eigenvalue weighted by Crippen LogP contribution is -1.85. The lowest BCUT2D eigenvalue weighted by Gasteiger charge is -2.04. The molecular formula is C17H27O. The molecule has 1 radical (unpaired) electrons. The van der Waals surface area contributed by atoms with Gasteiger partial charge in [0.25, 0.3) is 0 Å². The van der Waals surface area contributed by atoms with Crippen molar-refractivity contribution in [2.24, 2.45) is 0 Å². The lowest BCUT2D eigenvalue weighted by molar-refractivity contribution is 0.471. The minimum atomic E-state index is 0.400. The molecule has 0 aliphatic carbocycles. The van der Waals surface area contributed by atoms with Crippen LogP contribution in [0, 0.1) is 6.42 Å². The molecule has 0 aromatic heterocycles. The van der Waals surface area contributed by atoms with E-state index in [2.05, 4.69) is 13.3 Å². The number of hydrogen-bond donors (Lipinski definition) is 1. The molecule has 1 N–H and O–H groups in total. The molecule has 0 heterocycles. The fourth-order valence-electron chi connectivity index (χ4n) is 2.20. The zero-order chi connectivity index (χ0) is 13.1. The summed E-state index contributed by atoms with van der Waals surface area (Å²) >= 11 is 0. The zero-order valence-corrected chi connectivity index (χ0v) is 11.7. The third-order valence-electron chi connectivity index (χ3n) is 3.36. The van der Waals surface area contributed by atoms with Crippen LogP contribution >= 0.6 is 0 Å². The maximum Gasteiger partial charge on any atom is 0.119 e. The van der Waals surface area contributed by atoms with Gasteiger partial charge in [-0.15, -0.1) is 0 Å². The van der Waals surface area contributed by atoms with E-state index < -0.39 is 0 Å². The van der Waals surface area contributed by atoms with E-state index in [4.69, 9.17) is 0 Å². The van der Waals surface area contributed by atoms with Crippen LogP contribution in [-0.2, 0) is 0 Å². The molecule has 0 aliphatic rings. The van der Waals surface area contributed by atoms with Gasteiger partial charge >= 0.3 is 0 Å². The summed E-state index contributed by atoms with van der Waals surface area (Å²) in [4.78, 5) is 0. The van der Waals surface area contributed by atoms with Crippen molar-refractivity contribution in [3.8, 4) is 5.75 Å². The Balaban J connectivity index is 1.94. The summed E-state index contributed by atoms with van der Waals surface area (Å²) in [5, 5.41) is 9.60. The van der Waals surface area contributed by atoms with Crippen LogP contribution < -0.4 is 0 Å². The summed E-state index contributed by atoms with van der Waals surface area (Å²) in [5.41, 5.74) is 0.973. The Hall–Kier alpha value is -0.980. The van der Waals surface area contributed by atoms with Crippen molar-refractivity contribution in [2.75, 3.05) is 0 Å². The topological polar surface area (TPSA) is 20.2 Å². The summed E-state index contributed by atoms with van der Waals surface area (Å²) < 4.78 is 0. The Morgan fingerprint density at radius 1 is 0.889 bits per heavy atom. The number of para-hydroxylation sites is 1. The zero-order valence-electron chi connectivity index (χ0n) is 11.7. The molecule has 0 saturated heterocycles. The van der Waals surface area contributed by atoms with Crippen LogP contribution in [0.5, 0.6) is 5.75 Å². The quantitative estimate of drug-likeness (QED) is 0.543. The highest BCUT2D eigenvalue weighted by Gasteiger charge is 1.99. The van der Waals surface area contributed by atoms with E-state index in [1.54, 1.807) is 6.07 Å². The Labute approximate surface area is 112 Å². The molecule has 0 saturated carbocycles. The summed E-state index contributed by atoms with van der Waals surface area (Å²) in [7, 11) is 0.